The molecule has 3 rings (SSSR count). The number of benzene rings is 1. The van der Waals surface area contributed by atoms with Crippen molar-refractivity contribution in [2.24, 2.45) is 5.41 Å². The highest BCUT2D eigenvalue weighted by Gasteiger charge is 2.42. The van der Waals surface area contributed by atoms with Gasteiger partial charge in [-0.2, -0.15) is 0 Å². The van der Waals surface area contributed by atoms with Crippen LogP contribution in [0.3, 0.4) is 0 Å². The summed E-state index contributed by atoms with van der Waals surface area (Å²) in [5.74, 6) is -0.813. The smallest absolute Gasteiger partial charge is 0.321 e. The first kappa shape index (κ1) is 17.2. The minimum absolute atomic E-state index is 0.0263. The van der Waals surface area contributed by atoms with Crippen molar-refractivity contribution in [1.29, 1.82) is 0 Å². The Morgan fingerprint density at radius 1 is 1.42 bits per heavy atom. The third kappa shape index (κ3) is 3.25. The molecule has 0 aromatic heterocycles. The molecule has 0 aliphatic carbocycles. The summed E-state index contributed by atoms with van der Waals surface area (Å²) in [6.07, 6.45) is 1.81. The van der Waals surface area contributed by atoms with Crippen LogP contribution in [0, 0.1) is 11.2 Å². The van der Waals surface area contributed by atoms with Crippen molar-refractivity contribution in [2.75, 3.05) is 37.4 Å². The van der Waals surface area contributed by atoms with Gasteiger partial charge in [-0.3, -0.25) is 0 Å². The summed E-state index contributed by atoms with van der Waals surface area (Å²) in [5, 5.41) is 2.63. The number of amides is 2. The lowest BCUT2D eigenvalue weighted by molar-refractivity contribution is 0.154. The van der Waals surface area contributed by atoms with Crippen LogP contribution in [0.5, 0.6) is 0 Å². The fourth-order valence-electron chi connectivity index (χ4n) is 3.29. The summed E-state index contributed by atoms with van der Waals surface area (Å²) in [4.78, 5) is 14.0. The fraction of sp³-hybridized carbons (Fsp3) is 0.562. The van der Waals surface area contributed by atoms with Crippen LogP contribution in [0.1, 0.15) is 19.8 Å². The van der Waals surface area contributed by atoms with Crippen molar-refractivity contribution in [3.05, 3.63) is 24.0 Å². The van der Waals surface area contributed by atoms with Crippen LogP contribution in [-0.4, -0.2) is 51.4 Å². The summed E-state index contributed by atoms with van der Waals surface area (Å²) in [7, 11) is -3.64. The van der Waals surface area contributed by atoms with Crippen LogP contribution in [0.25, 0.3) is 0 Å². The van der Waals surface area contributed by atoms with Crippen LogP contribution < -0.4 is 5.32 Å². The van der Waals surface area contributed by atoms with Crippen molar-refractivity contribution in [3.63, 3.8) is 0 Å². The molecule has 1 spiro atoms. The van der Waals surface area contributed by atoms with Crippen molar-refractivity contribution in [3.8, 4) is 0 Å². The Morgan fingerprint density at radius 2 is 2.21 bits per heavy atom. The molecule has 2 aliphatic rings. The number of carbonyl (C=O) groups is 1. The van der Waals surface area contributed by atoms with Gasteiger partial charge in [-0.05, 0) is 31.0 Å². The number of sulfone groups is 1. The first-order valence-corrected chi connectivity index (χ1v) is 9.66. The molecule has 2 aliphatic heterocycles. The molecule has 1 aromatic carbocycles. The molecule has 2 heterocycles. The third-order valence-corrected chi connectivity index (χ3v) is 6.58. The Hall–Kier alpha value is -1.67. The molecule has 2 fully saturated rings. The van der Waals surface area contributed by atoms with Gasteiger partial charge in [0.15, 0.2) is 9.84 Å². The minimum atomic E-state index is -3.64. The Morgan fingerprint density at radius 3 is 2.88 bits per heavy atom. The second-order valence-electron chi connectivity index (χ2n) is 6.45. The Bertz CT molecular complexity index is 744. The van der Waals surface area contributed by atoms with Gasteiger partial charge in [-0.15, -0.1) is 0 Å². The second kappa shape index (κ2) is 6.33. The zero-order chi connectivity index (χ0) is 17.4. The molecule has 0 bridgehead atoms. The maximum Gasteiger partial charge on any atom is 0.321 e. The maximum absolute atomic E-state index is 13.5. The molecule has 132 valence electrons. The highest BCUT2D eigenvalue weighted by Crippen LogP contribution is 2.38. The monoisotopic (exact) mass is 356 g/mol. The lowest BCUT2D eigenvalue weighted by Gasteiger charge is -2.22. The molecular formula is C16H21FN2O4S. The normalized spacial score (nSPS) is 23.8. The number of halogens is 1. The molecule has 0 saturated carbocycles. The molecule has 2 amide bonds. The maximum atomic E-state index is 13.5. The van der Waals surface area contributed by atoms with Gasteiger partial charge >= 0.3 is 6.03 Å². The van der Waals surface area contributed by atoms with E-state index in [-0.39, 0.29) is 27.8 Å². The second-order valence-corrected chi connectivity index (χ2v) is 8.69. The summed E-state index contributed by atoms with van der Waals surface area (Å²) >= 11 is 0. The topological polar surface area (TPSA) is 75.7 Å². The van der Waals surface area contributed by atoms with Crippen molar-refractivity contribution >= 4 is 21.6 Å². The van der Waals surface area contributed by atoms with E-state index in [1.165, 1.54) is 13.0 Å². The zero-order valence-electron chi connectivity index (χ0n) is 13.5. The molecular weight excluding hydrogens is 335 g/mol. The number of rotatable bonds is 3. The van der Waals surface area contributed by atoms with E-state index in [0.29, 0.717) is 26.3 Å². The van der Waals surface area contributed by atoms with E-state index in [1.807, 2.05) is 0 Å². The van der Waals surface area contributed by atoms with E-state index in [9.17, 15) is 17.6 Å². The quantitative estimate of drug-likeness (QED) is 0.901. The first-order valence-electron chi connectivity index (χ1n) is 8.01. The lowest BCUT2D eigenvalue weighted by atomic mass is 9.87. The van der Waals surface area contributed by atoms with Gasteiger partial charge in [0, 0.05) is 25.1 Å². The predicted octanol–water partition coefficient (Wildman–Crippen LogP) is 2.26. The largest absolute Gasteiger partial charge is 0.381 e. The lowest BCUT2D eigenvalue weighted by Crippen LogP contribution is -2.35. The van der Waals surface area contributed by atoms with Gasteiger partial charge in [0.25, 0.3) is 0 Å². The molecule has 1 N–H and O–H groups in total. The molecule has 1 aromatic rings. The van der Waals surface area contributed by atoms with Crippen LogP contribution in [0.2, 0.25) is 0 Å². The van der Waals surface area contributed by atoms with Crippen LogP contribution in [-0.2, 0) is 14.6 Å². The highest BCUT2D eigenvalue weighted by atomic mass is 32.2. The van der Waals surface area contributed by atoms with Gasteiger partial charge in [0.2, 0.25) is 0 Å². The Kier molecular flexibility index (Phi) is 4.52. The van der Waals surface area contributed by atoms with Gasteiger partial charge in [-0.25, -0.2) is 17.6 Å². The average molecular weight is 356 g/mol. The van der Waals surface area contributed by atoms with Crippen molar-refractivity contribution in [2.45, 2.75) is 24.7 Å². The number of hydrogen-bond donors (Lipinski definition) is 1. The molecule has 0 unspecified atom stereocenters. The molecule has 2 saturated heterocycles. The number of hydrogen-bond acceptors (Lipinski definition) is 4. The Balaban J connectivity index is 1.78. The van der Waals surface area contributed by atoms with Crippen molar-refractivity contribution < 1.29 is 22.3 Å². The number of carbonyl (C=O) groups excluding carboxylic acids is 1. The first-order chi connectivity index (χ1) is 11.4. The Labute approximate surface area is 140 Å². The standard InChI is InChI=1S/C16H21FN2O4S/c1-2-24(21,22)14-9-12(17)3-4-13(14)18-15(20)19-7-5-16(10-19)6-8-23-11-16/h3-4,9H,2,5-8,10-11H2,1H3,(H,18,20)/t16-/m0/s1. The number of nitrogens with one attached hydrogen (secondary N) is 1. The average Bonchev–Trinajstić information content (AvgIpc) is 3.19. The summed E-state index contributed by atoms with van der Waals surface area (Å²) in [6.45, 7) is 4.05. The zero-order valence-corrected chi connectivity index (χ0v) is 14.4. The van der Waals surface area contributed by atoms with E-state index in [0.717, 1.165) is 25.0 Å². The van der Waals surface area contributed by atoms with Crippen LogP contribution in [0.4, 0.5) is 14.9 Å². The number of nitrogens with zero attached hydrogens (tertiary/aromatic N) is 1. The number of anilines is 1. The van der Waals surface area contributed by atoms with E-state index < -0.39 is 15.7 Å². The molecule has 1 atom stereocenters. The molecule has 24 heavy (non-hydrogen) atoms. The summed E-state index contributed by atoms with van der Waals surface area (Å²) in [6, 6.07) is 3.02. The van der Waals surface area contributed by atoms with Gasteiger partial charge in [0.05, 0.1) is 22.9 Å². The van der Waals surface area contributed by atoms with E-state index >= 15 is 0 Å². The number of ether oxygens (including phenoxy) is 1. The molecule has 6 nitrogen and oxygen atoms in total. The predicted molar refractivity (Wildman–Crippen MR) is 87.2 cm³/mol. The minimum Gasteiger partial charge on any atom is -0.381 e. The molecule has 0 radical (unpaired) electrons. The SMILES string of the molecule is CCS(=O)(=O)c1cc(F)ccc1NC(=O)N1CC[C@]2(CCOC2)C1. The third-order valence-electron chi connectivity index (χ3n) is 4.81. The molecule has 8 heteroatoms. The summed E-state index contributed by atoms with van der Waals surface area (Å²) < 4.78 is 43.2. The highest BCUT2D eigenvalue weighted by molar-refractivity contribution is 7.91. The van der Waals surface area contributed by atoms with Gasteiger partial charge < -0.3 is 15.0 Å². The van der Waals surface area contributed by atoms with Crippen LogP contribution >= 0.6 is 0 Å². The summed E-state index contributed by atoms with van der Waals surface area (Å²) in [5.41, 5.74) is 0.144. The number of urea groups is 1. The van der Waals surface area contributed by atoms with E-state index in [4.69, 9.17) is 4.74 Å². The van der Waals surface area contributed by atoms with E-state index in [1.54, 1.807) is 4.90 Å². The van der Waals surface area contributed by atoms with E-state index in [2.05, 4.69) is 5.32 Å². The van der Waals surface area contributed by atoms with Gasteiger partial charge in [0.1, 0.15) is 5.82 Å². The number of likely N-dealkylation sites (tertiary alicyclic amines) is 1. The van der Waals surface area contributed by atoms with Crippen molar-refractivity contribution in [1.82, 2.24) is 4.90 Å². The van der Waals surface area contributed by atoms with Gasteiger partial charge in [-0.1, -0.05) is 6.92 Å². The van der Waals surface area contributed by atoms with Crippen LogP contribution in [0.15, 0.2) is 23.1 Å². The fourth-order valence-corrected chi connectivity index (χ4v) is 4.34.